The number of benzene rings is 1. The van der Waals surface area contributed by atoms with Crippen molar-refractivity contribution in [1.29, 1.82) is 0 Å². The van der Waals surface area contributed by atoms with E-state index in [1.54, 1.807) is 0 Å². The van der Waals surface area contributed by atoms with Gasteiger partial charge in [0, 0.05) is 12.6 Å². The van der Waals surface area contributed by atoms with Gasteiger partial charge >= 0.3 is 0 Å². The van der Waals surface area contributed by atoms with Crippen LogP contribution in [0.2, 0.25) is 0 Å². The van der Waals surface area contributed by atoms with Crippen LogP contribution in [0.3, 0.4) is 0 Å². The van der Waals surface area contributed by atoms with E-state index in [2.05, 4.69) is 4.72 Å². The van der Waals surface area contributed by atoms with E-state index < -0.39 is 15.8 Å². The first kappa shape index (κ1) is 12.5. The van der Waals surface area contributed by atoms with Gasteiger partial charge in [0.15, 0.2) is 0 Å². The zero-order valence-electron chi connectivity index (χ0n) is 9.27. The maximum absolute atomic E-state index is 13.3. The Morgan fingerprint density at radius 3 is 2.59 bits per heavy atom. The number of sulfonamides is 1. The largest absolute Gasteiger partial charge is 0.328 e. The molecule has 1 aromatic carbocycles. The number of hydrogen-bond donors (Lipinski definition) is 2. The second kappa shape index (κ2) is 4.72. The van der Waals surface area contributed by atoms with Gasteiger partial charge in [-0.15, -0.1) is 0 Å². The maximum Gasteiger partial charge on any atom is 0.243 e. The van der Waals surface area contributed by atoms with E-state index >= 15 is 0 Å². The Labute approximate surface area is 100 Å². The molecule has 0 heterocycles. The number of halogens is 1. The van der Waals surface area contributed by atoms with E-state index in [1.165, 1.54) is 18.2 Å². The van der Waals surface area contributed by atoms with Crippen molar-refractivity contribution < 1.29 is 12.8 Å². The molecule has 1 fully saturated rings. The summed E-state index contributed by atoms with van der Waals surface area (Å²) < 4.78 is 39.3. The van der Waals surface area contributed by atoms with Gasteiger partial charge in [-0.2, -0.15) is 0 Å². The Bertz CT molecular complexity index is 498. The number of nitrogens with two attached hydrogens (primary N) is 1. The molecule has 6 heteroatoms. The summed E-state index contributed by atoms with van der Waals surface area (Å²) in [5, 5.41) is 0. The summed E-state index contributed by atoms with van der Waals surface area (Å²) in [4.78, 5) is -0.302. The van der Waals surface area contributed by atoms with Crippen molar-refractivity contribution in [3.05, 3.63) is 30.1 Å². The van der Waals surface area contributed by atoms with Crippen LogP contribution in [-0.4, -0.2) is 21.0 Å². The van der Waals surface area contributed by atoms with E-state index in [1.807, 2.05) is 0 Å². The van der Waals surface area contributed by atoms with Crippen molar-refractivity contribution in [1.82, 2.24) is 4.72 Å². The highest BCUT2D eigenvalue weighted by atomic mass is 32.2. The lowest BCUT2D eigenvalue weighted by molar-refractivity contribution is 0.267. The maximum atomic E-state index is 13.3. The van der Waals surface area contributed by atoms with E-state index in [4.69, 9.17) is 5.73 Å². The van der Waals surface area contributed by atoms with Gasteiger partial charge in [-0.3, -0.25) is 0 Å². The Morgan fingerprint density at radius 2 is 2.00 bits per heavy atom. The molecule has 1 aliphatic carbocycles. The Kier molecular flexibility index (Phi) is 3.46. The summed E-state index contributed by atoms with van der Waals surface area (Å²) in [5.41, 5.74) is 5.61. The molecule has 0 aliphatic heterocycles. The topological polar surface area (TPSA) is 72.2 Å². The highest BCUT2D eigenvalue weighted by Gasteiger charge is 2.28. The van der Waals surface area contributed by atoms with Crippen LogP contribution in [0.4, 0.5) is 4.39 Å². The Balaban J connectivity index is 2.02. The molecule has 0 saturated heterocycles. The first-order valence-corrected chi connectivity index (χ1v) is 6.97. The average molecular weight is 258 g/mol. The molecule has 2 rings (SSSR count). The lowest BCUT2D eigenvalue weighted by Gasteiger charge is -2.32. The third kappa shape index (κ3) is 2.83. The van der Waals surface area contributed by atoms with Gasteiger partial charge in [-0.1, -0.05) is 12.1 Å². The molecule has 4 nitrogen and oxygen atoms in total. The van der Waals surface area contributed by atoms with Gasteiger partial charge in [0.2, 0.25) is 10.0 Å². The van der Waals surface area contributed by atoms with Crippen LogP contribution in [0, 0.1) is 11.7 Å². The lowest BCUT2D eigenvalue weighted by atomic mass is 9.81. The SMILES string of the molecule is NC1CC(CNS(=O)(=O)c2ccccc2F)C1. The van der Waals surface area contributed by atoms with Crippen LogP contribution in [-0.2, 0) is 10.0 Å². The summed E-state index contributed by atoms with van der Waals surface area (Å²) in [6, 6.07) is 5.52. The molecule has 0 unspecified atom stereocenters. The first-order valence-electron chi connectivity index (χ1n) is 5.49. The molecule has 1 aromatic rings. The van der Waals surface area contributed by atoms with Crippen molar-refractivity contribution in [3.63, 3.8) is 0 Å². The molecule has 0 bridgehead atoms. The second-order valence-corrected chi connectivity index (χ2v) is 6.12. The number of nitrogens with one attached hydrogen (secondary N) is 1. The van der Waals surface area contributed by atoms with Crippen molar-refractivity contribution >= 4 is 10.0 Å². The molecule has 3 N–H and O–H groups in total. The predicted molar refractivity (Wildman–Crippen MR) is 62.3 cm³/mol. The standard InChI is InChI=1S/C11H15FN2O2S/c12-10-3-1-2-4-11(10)17(15,16)14-7-8-5-9(13)6-8/h1-4,8-9,14H,5-7,13H2. The van der Waals surface area contributed by atoms with Crippen LogP contribution in [0.15, 0.2) is 29.2 Å². The van der Waals surface area contributed by atoms with Gasteiger partial charge in [-0.05, 0) is 30.9 Å². The Hall–Kier alpha value is -0.980. The van der Waals surface area contributed by atoms with Crippen molar-refractivity contribution in [2.24, 2.45) is 11.7 Å². The molecule has 1 saturated carbocycles. The van der Waals surface area contributed by atoms with Crippen molar-refractivity contribution in [3.8, 4) is 0 Å². The minimum absolute atomic E-state index is 0.179. The molecule has 0 radical (unpaired) electrons. The van der Waals surface area contributed by atoms with Gasteiger partial charge in [0.1, 0.15) is 10.7 Å². The van der Waals surface area contributed by atoms with E-state index in [0.29, 0.717) is 6.54 Å². The normalized spacial score (nSPS) is 24.4. The summed E-state index contributed by atoms with van der Waals surface area (Å²) in [6.45, 7) is 0.324. The fourth-order valence-corrected chi connectivity index (χ4v) is 3.12. The van der Waals surface area contributed by atoms with E-state index in [0.717, 1.165) is 18.9 Å². The van der Waals surface area contributed by atoms with Gasteiger partial charge in [-0.25, -0.2) is 17.5 Å². The van der Waals surface area contributed by atoms with Crippen LogP contribution in [0.5, 0.6) is 0 Å². The predicted octanol–water partition coefficient (Wildman–Crippen LogP) is 0.841. The van der Waals surface area contributed by atoms with Crippen LogP contribution in [0.1, 0.15) is 12.8 Å². The van der Waals surface area contributed by atoms with E-state index in [9.17, 15) is 12.8 Å². The summed E-state index contributed by atoms with van der Waals surface area (Å²) in [7, 11) is -3.75. The van der Waals surface area contributed by atoms with Crippen LogP contribution in [0.25, 0.3) is 0 Å². The second-order valence-electron chi connectivity index (χ2n) is 4.38. The molecular weight excluding hydrogens is 243 g/mol. The Morgan fingerprint density at radius 1 is 1.35 bits per heavy atom. The zero-order chi connectivity index (χ0) is 12.5. The molecule has 0 aromatic heterocycles. The van der Waals surface area contributed by atoms with E-state index in [-0.39, 0.29) is 16.9 Å². The fourth-order valence-electron chi connectivity index (χ4n) is 1.92. The first-order chi connectivity index (χ1) is 7.99. The molecule has 17 heavy (non-hydrogen) atoms. The third-order valence-corrected chi connectivity index (χ3v) is 4.42. The minimum Gasteiger partial charge on any atom is -0.328 e. The summed E-state index contributed by atoms with van der Waals surface area (Å²) >= 11 is 0. The fraction of sp³-hybridized carbons (Fsp3) is 0.455. The average Bonchev–Trinajstić information content (AvgIpc) is 2.23. The summed E-state index contributed by atoms with van der Waals surface area (Å²) in [6.07, 6.45) is 1.64. The highest BCUT2D eigenvalue weighted by molar-refractivity contribution is 7.89. The van der Waals surface area contributed by atoms with Crippen molar-refractivity contribution in [2.45, 2.75) is 23.8 Å². The third-order valence-electron chi connectivity index (χ3n) is 2.96. The monoisotopic (exact) mass is 258 g/mol. The van der Waals surface area contributed by atoms with Gasteiger partial charge in [0.25, 0.3) is 0 Å². The van der Waals surface area contributed by atoms with Crippen LogP contribution >= 0.6 is 0 Å². The molecule has 0 spiro atoms. The molecule has 0 amide bonds. The molecule has 0 atom stereocenters. The van der Waals surface area contributed by atoms with Crippen molar-refractivity contribution in [2.75, 3.05) is 6.54 Å². The highest BCUT2D eigenvalue weighted by Crippen LogP contribution is 2.25. The molecule has 1 aliphatic rings. The quantitative estimate of drug-likeness (QED) is 0.840. The molecule has 94 valence electrons. The smallest absolute Gasteiger partial charge is 0.243 e. The number of rotatable bonds is 4. The van der Waals surface area contributed by atoms with Crippen LogP contribution < -0.4 is 10.5 Å². The van der Waals surface area contributed by atoms with Gasteiger partial charge < -0.3 is 5.73 Å². The molecular formula is C11H15FN2O2S. The van der Waals surface area contributed by atoms with Gasteiger partial charge in [0.05, 0.1) is 0 Å². The minimum atomic E-state index is -3.75. The zero-order valence-corrected chi connectivity index (χ0v) is 10.1. The number of hydrogen-bond acceptors (Lipinski definition) is 3. The summed E-state index contributed by atoms with van der Waals surface area (Å²) in [5.74, 6) is -0.461. The lowest BCUT2D eigenvalue weighted by Crippen LogP contribution is -2.42.